The standard InChI is InChI=1S/C15H14N2OS3/c1-10(12-7-4-8-19-12)16-14(18)9-20-15-17-11-5-2-3-6-13(11)21-15/h2-8,10H,9H2,1H3,(H,16,18)/t10-/m1/s1. The van der Waals surface area contributed by atoms with Crippen molar-refractivity contribution in [3.63, 3.8) is 0 Å². The molecule has 3 nitrogen and oxygen atoms in total. The van der Waals surface area contributed by atoms with Crippen molar-refractivity contribution in [1.82, 2.24) is 10.3 Å². The highest BCUT2D eigenvalue weighted by Crippen LogP contribution is 2.29. The second-order valence-corrected chi connectivity index (χ2v) is 7.77. The van der Waals surface area contributed by atoms with Gasteiger partial charge in [-0.25, -0.2) is 4.98 Å². The number of thiophene rings is 1. The molecular weight excluding hydrogens is 320 g/mol. The zero-order chi connectivity index (χ0) is 14.7. The van der Waals surface area contributed by atoms with Crippen LogP contribution in [0.2, 0.25) is 0 Å². The fourth-order valence-corrected chi connectivity index (χ4v) is 4.55. The zero-order valence-electron chi connectivity index (χ0n) is 11.4. The molecule has 1 N–H and O–H groups in total. The van der Waals surface area contributed by atoms with Crippen LogP contribution in [0.4, 0.5) is 0 Å². The Labute approximate surface area is 135 Å². The third-order valence-electron chi connectivity index (χ3n) is 2.95. The van der Waals surface area contributed by atoms with Crippen LogP contribution in [0.5, 0.6) is 0 Å². The summed E-state index contributed by atoms with van der Waals surface area (Å²) in [5, 5.41) is 5.04. The molecule has 6 heteroatoms. The van der Waals surface area contributed by atoms with Crippen LogP contribution in [-0.4, -0.2) is 16.6 Å². The number of thioether (sulfide) groups is 1. The molecular formula is C15H14N2OS3. The molecule has 2 aromatic heterocycles. The Morgan fingerprint density at radius 2 is 2.19 bits per heavy atom. The van der Waals surface area contributed by atoms with Gasteiger partial charge in [0, 0.05) is 4.88 Å². The summed E-state index contributed by atoms with van der Waals surface area (Å²) in [5.74, 6) is 0.440. The number of carbonyl (C=O) groups is 1. The Morgan fingerprint density at radius 3 is 2.95 bits per heavy atom. The number of benzene rings is 1. The molecule has 1 atom stereocenters. The predicted molar refractivity (Wildman–Crippen MR) is 91.2 cm³/mol. The van der Waals surface area contributed by atoms with Gasteiger partial charge in [0.05, 0.1) is 22.0 Å². The monoisotopic (exact) mass is 334 g/mol. The van der Waals surface area contributed by atoms with Crippen molar-refractivity contribution in [2.45, 2.75) is 17.3 Å². The maximum Gasteiger partial charge on any atom is 0.230 e. The van der Waals surface area contributed by atoms with Gasteiger partial charge in [0.15, 0.2) is 4.34 Å². The Bertz CT molecular complexity index is 703. The van der Waals surface area contributed by atoms with Gasteiger partial charge in [-0.15, -0.1) is 22.7 Å². The van der Waals surface area contributed by atoms with Crippen LogP contribution >= 0.6 is 34.4 Å². The van der Waals surface area contributed by atoms with E-state index in [0.717, 1.165) is 14.6 Å². The second kappa shape index (κ2) is 6.60. The van der Waals surface area contributed by atoms with Crippen LogP contribution in [0.15, 0.2) is 46.1 Å². The molecule has 0 fully saturated rings. The number of carbonyl (C=O) groups excluding carboxylic acids is 1. The molecule has 0 radical (unpaired) electrons. The first-order valence-corrected chi connectivity index (χ1v) is 9.21. The number of rotatable bonds is 5. The van der Waals surface area contributed by atoms with Crippen molar-refractivity contribution >= 4 is 50.6 Å². The number of aromatic nitrogens is 1. The third kappa shape index (κ3) is 3.64. The van der Waals surface area contributed by atoms with Crippen molar-refractivity contribution in [2.75, 3.05) is 5.75 Å². The van der Waals surface area contributed by atoms with E-state index in [2.05, 4.69) is 16.4 Å². The van der Waals surface area contributed by atoms with Crippen LogP contribution < -0.4 is 5.32 Å². The van der Waals surface area contributed by atoms with Gasteiger partial charge in [-0.05, 0) is 30.5 Å². The summed E-state index contributed by atoms with van der Waals surface area (Å²) in [4.78, 5) is 17.7. The lowest BCUT2D eigenvalue weighted by molar-refractivity contribution is -0.119. The van der Waals surface area contributed by atoms with E-state index in [4.69, 9.17) is 0 Å². The number of hydrogen-bond donors (Lipinski definition) is 1. The number of thiazole rings is 1. The molecule has 0 saturated heterocycles. The van der Waals surface area contributed by atoms with Gasteiger partial charge in [-0.1, -0.05) is 30.0 Å². The van der Waals surface area contributed by atoms with E-state index in [9.17, 15) is 4.79 Å². The summed E-state index contributed by atoms with van der Waals surface area (Å²) in [7, 11) is 0. The lowest BCUT2D eigenvalue weighted by atomic mass is 10.3. The summed E-state index contributed by atoms with van der Waals surface area (Å²) in [6, 6.07) is 12.1. The number of nitrogens with zero attached hydrogens (tertiary/aromatic N) is 1. The first-order valence-electron chi connectivity index (χ1n) is 6.53. The summed E-state index contributed by atoms with van der Waals surface area (Å²) in [5.41, 5.74) is 0.998. The van der Waals surface area contributed by atoms with Crippen LogP contribution in [0.1, 0.15) is 17.8 Å². The van der Waals surface area contributed by atoms with E-state index in [1.165, 1.54) is 16.6 Å². The maximum absolute atomic E-state index is 12.0. The minimum absolute atomic E-state index is 0.0418. The second-order valence-electron chi connectivity index (χ2n) is 4.54. The van der Waals surface area contributed by atoms with Gasteiger partial charge in [0.1, 0.15) is 0 Å². The van der Waals surface area contributed by atoms with Gasteiger partial charge < -0.3 is 5.32 Å². The van der Waals surface area contributed by atoms with Crippen molar-refractivity contribution < 1.29 is 4.79 Å². The van der Waals surface area contributed by atoms with E-state index in [-0.39, 0.29) is 11.9 Å². The van der Waals surface area contributed by atoms with E-state index in [1.54, 1.807) is 22.7 Å². The van der Waals surface area contributed by atoms with Crippen molar-refractivity contribution in [3.8, 4) is 0 Å². The van der Waals surface area contributed by atoms with Crippen molar-refractivity contribution in [1.29, 1.82) is 0 Å². The molecule has 0 saturated carbocycles. The molecule has 0 aliphatic rings. The van der Waals surface area contributed by atoms with E-state index in [1.807, 2.05) is 42.6 Å². The Balaban J connectivity index is 1.56. The summed E-state index contributed by atoms with van der Waals surface area (Å²) in [6.07, 6.45) is 0. The minimum atomic E-state index is 0.0418. The number of fused-ring (bicyclic) bond motifs is 1. The lowest BCUT2D eigenvalue weighted by Gasteiger charge is -2.11. The largest absolute Gasteiger partial charge is 0.348 e. The van der Waals surface area contributed by atoms with Crippen LogP contribution in [-0.2, 0) is 4.79 Å². The molecule has 0 bridgehead atoms. The van der Waals surface area contributed by atoms with Gasteiger partial charge in [-0.3, -0.25) is 4.79 Å². The van der Waals surface area contributed by atoms with Gasteiger partial charge in [0.2, 0.25) is 5.91 Å². The number of hydrogen-bond acceptors (Lipinski definition) is 5. The SMILES string of the molecule is C[C@@H](NC(=O)CSc1nc2ccccc2s1)c1cccs1. The maximum atomic E-state index is 12.0. The van der Waals surface area contributed by atoms with Gasteiger partial charge in [-0.2, -0.15) is 0 Å². The first-order chi connectivity index (χ1) is 10.2. The van der Waals surface area contributed by atoms with E-state index >= 15 is 0 Å². The minimum Gasteiger partial charge on any atom is -0.348 e. The van der Waals surface area contributed by atoms with Gasteiger partial charge in [0.25, 0.3) is 0 Å². The van der Waals surface area contributed by atoms with Crippen LogP contribution in [0.25, 0.3) is 10.2 Å². The highest BCUT2D eigenvalue weighted by molar-refractivity contribution is 8.01. The molecule has 3 aromatic rings. The predicted octanol–water partition coefficient (Wildman–Crippen LogP) is 4.33. The highest BCUT2D eigenvalue weighted by atomic mass is 32.2. The topological polar surface area (TPSA) is 42.0 Å². The fraction of sp³-hybridized carbons (Fsp3) is 0.200. The van der Waals surface area contributed by atoms with E-state index in [0.29, 0.717) is 5.75 Å². The molecule has 0 spiro atoms. The molecule has 1 amide bonds. The highest BCUT2D eigenvalue weighted by Gasteiger charge is 2.12. The molecule has 1 aromatic carbocycles. The van der Waals surface area contributed by atoms with Crippen LogP contribution in [0.3, 0.4) is 0 Å². The molecule has 21 heavy (non-hydrogen) atoms. The summed E-state index contributed by atoms with van der Waals surface area (Å²) in [6.45, 7) is 2.01. The Kier molecular flexibility index (Phi) is 4.57. The van der Waals surface area contributed by atoms with Crippen molar-refractivity contribution in [3.05, 3.63) is 46.7 Å². The number of para-hydroxylation sites is 1. The smallest absolute Gasteiger partial charge is 0.230 e. The number of amides is 1. The summed E-state index contributed by atoms with van der Waals surface area (Å²) < 4.78 is 2.10. The average molecular weight is 334 g/mol. The quantitative estimate of drug-likeness (QED) is 0.706. The normalized spacial score (nSPS) is 12.4. The molecule has 2 heterocycles. The Morgan fingerprint density at radius 1 is 1.33 bits per heavy atom. The molecule has 108 valence electrons. The molecule has 0 aliphatic heterocycles. The Hall–Kier alpha value is -1.37. The third-order valence-corrected chi connectivity index (χ3v) is 6.18. The molecule has 3 rings (SSSR count). The van der Waals surface area contributed by atoms with Crippen molar-refractivity contribution in [2.24, 2.45) is 0 Å². The fourth-order valence-electron chi connectivity index (χ4n) is 1.93. The first kappa shape index (κ1) is 14.6. The van der Waals surface area contributed by atoms with Gasteiger partial charge >= 0.3 is 0 Å². The zero-order valence-corrected chi connectivity index (χ0v) is 13.9. The average Bonchev–Trinajstić information content (AvgIpc) is 3.14. The molecule has 0 aliphatic carbocycles. The van der Waals surface area contributed by atoms with E-state index < -0.39 is 0 Å². The number of nitrogens with one attached hydrogen (secondary N) is 1. The van der Waals surface area contributed by atoms with Crippen LogP contribution in [0, 0.1) is 0 Å². The molecule has 0 unspecified atom stereocenters. The lowest BCUT2D eigenvalue weighted by Crippen LogP contribution is -2.27. The summed E-state index contributed by atoms with van der Waals surface area (Å²) >= 11 is 4.78.